The van der Waals surface area contributed by atoms with E-state index < -0.39 is 0 Å². The third-order valence-corrected chi connectivity index (χ3v) is 3.31. The van der Waals surface area contributed by atoms with Gasteiger partial charge in [-0.3, -0.25) is 0 Å². The minimum absolute atomic E-state index is 0.209. The van der Waals surface area contributed by atoms with E-state index in [1.165, 1.54) is 16.7 Å². The summed E-state index contributed by atoms with van der Waals surface area (Å²) < 4.78 is 0. The second-order valence-electron chi connectivity index (χ2n) is 5.68. The summed E-state index contributed by atoms with van der Waals surface area (Å²) in [7, 11) is 0. The number of hydrogen-bond acceptors (Lipinski definition) is 2. The molecule has 0 radical (unpaired) electrons. The predicted octanol–water partition coefficient (Wildman–Crippen LogP) is 2.90. The molecule has 0 amide bonds. The van der Waals surface area contributed by atoms with Crippen LogP contribution in [0.5, 0.6) is 0 Å². The molecule has 0 saturated carbocycles. The van der Waals surface area contributed by atoms with E-state index in [1.807, 2.05) is 6.92 Å². The van der Waals surface area contributed by atoms with E-state index >= 15 is 0 Å². The molecule has 1 aromatic carbocycles. The Labute approximate surface area is 111 Å². The van der Waals surface area contributed by atoms with Crippen LogP contribution in [-0.4, -0.2) is 22.9 Å². The van der Waals surface area contributed by atoms with Crippen LogP contribution in [0.15, 0.2) is 18.2 Å². The lowest BCUT2D eigenvalue weighted by molar-refractivity contribution is 0.194. The van der Waals surface area contributed by atoms with Gasteiger partial charge in [-0.05, 0) is 48.3 Å². The summed E-state index contributed by atoms with van der Waals surface area (Å²) in [5, 5.41) is 18.9. The van der Waals surface area contributed by atoms with Gasteiger partial charge in [0.1, 0.15) is 0 Å². The molecule has 0 aliphatic rings. The van der Waals surface area contributed by atoms with Crippen LogP contribution in [0.25, 0.3) is 0 Å². The van der Waals surface area contributed by atoms with Gasteiger partial charge in [-0.2, -0.15) is 0 Å². The molecule has 0 bridgehead atoms. The van der Waals surface area contributed by atoms with Gasteiger partial charge in [0.15, 0.2) is 0 Å². The number of rotatable bonds is 6. The minimum Gasteiger partial charge on any atom is -0.396 e. The Kier molecular flexibility index (Phi) is 5.83. The average molecular weight is 250 g/mol. The van der Waals surface area contributed by atoms with Crippen molar-refractivity contribution < 1.29 is 10.2 Å². The zero-order valence-electron chi connectivity index (χ0n) is 12.0. The van der Waals surface area contributed by atoms with Crippen LogP contribution in [0.4, 0.5) is 0 Å². The van der Waals surface area contributed by atoms with Gasteiger partial charge in [-0.1, -0.05) is 39.0 Å². The highest BCUT2D eigenvalue weighted by Gasteiger charge is 2.14. The SMILES string of the molecule is CC(O)Cc1cccc(C(C)C)c1CC(C)CO. The monoisotopic (exact) mass is 250 g/mol. The van der Waals surface area contributed by atoms with E-state index in [4.69, 9.17) is 0 Å². The molecule has 0 heterocycles. The minimum atomic E-state index is -0.324. The maximum absolute atomic E-state index is 9.60. The van der Waals surface area contributed by atoms with Crippen LogP contribution in [0.3, 0.4) is 0 Å². The van der Waals surface area contributed by atoms with Crippen molar-refractivity contribution >= 4 is 0 Å². The zero-order valence-corrected chi connectivity index (χ0v) is 12.0. The molecule has 2 N–H and O–H groups in total. The first-order valence-electron chi connectivity index (χ1n) is 6.85. The second kappa shape index (κ2) is 6.91. The van der Waals surface area contributed by atoms with E-state index in [0.29, 0.717) is 12.3 Å². The lowest BCUT2D eigenvalue weighted by Gasteiger charge is -2.20. The smallest absolute Gasteiger partial charge is 0.0552 e. The Hall–Kier alpha value is -0.860. The molecule has 102 valence electrons. The van der Waals surface area contributed by atoms with Crippen molar-refractivity contribution in [3.8, 4) is 0 Å². The summed E-state index contributed by atoms with van der Waals surface area (Å²) >= 11 is 0. The standard InChI is InChI=1S/C16H26O2/c1-11(2)15-7-5-6-14(9-13(4)18)16(15)8-12(3)10-17/h5-7,11-13,17-18H,8-10H2,1-4H3. The van der Waals surface area contributed by atoms with Crippen LogP contribution < -0.4 is 0 Å². The Balaban J connectivity index is 3.12. The van der Waals surface area contributed by atoms with Crippen molar-refractivity contribution in [2.45, 2.75) is 52.6 Å². The Bertz CT molecular complexity index is 369. The van der Waals surface area contributed by atoms with Gasteiger partial charge in [0.05, 0.1) is 6.10 Å². The summed E-state index contributed by atoms with van der Waals surface area (Å²) in [5.74, 6) is 0.734. The molecular formula is C16H26O2. The molecule has 0 aromatic heterocycles. The average Bonchev–Trinajstić information content (AvgIpc) is 2.30. The van der Waals surface area contributed by atoms with E-state index in [-0.39, 0.29) is 18.6 Å². The summed E-state index contributed by atoms with van der Waals surface area (Å²) in [6.45, 7) is 8.47. The summed E-state index contributed by atoms with van der Waals surface area (Å²) in [4.78, 5) is 0. The van der Waals surface area contributed by atoms with Gasteiger partial charge in [-0.15, -0.1) is 0 Å². The molecule has 0 fully saturated rings. The van der Waals surface area contributed by atoms with E-state index in [2.05, 4.69) is 39.0 Å². The quantitative estimate of drug-likeness (QED) is 0.815. The van der Waals surface area contributed by atoms with Gasteiger partial charge in [0.25, 0.3) is 0 Å². The predicted molar refractivity (Wildman–Crippen MR) is 75.9 cm³/mol. The van der Waals surface area contributed by atoms with Crippen LogP contribution in [-0.2, 0) is 12.8 Å². The molecule has 0 aliphatic heterocycles. The molecule has 2 nitrogen and oxygen atoms in total. The van der Waals surface area contributed by atoms with Crippen LogP contribution in [0.2, 0.25) is 0 Å². The molecule has 0 spiro atoms. The molecule has 18 heavy (non-hydrogen) atoms. The van der Waals surface area contributed by atoms with Gasteiger partial charge < -0.3 is 10.2 Å². The number of hydrogen-bond donors (Lipinski definition) is 2. The Morgan fingerprint density at radius 1 is 1.06 bits per heavy atom. The van der Waals surface area contributed by atoms with Gasteiger partial charge in [-0.25, -0.2) is 0 Å². The Morgan fingerprint density at radius 2 is 1.72 bits per heavy atom. The van der Waals surface area contributed by atoms with Crippen LogP contribution in [0.1, 0.15) is 50.3 Å². The maximum Gasteiger partial charge on any atom is 0.0552 e. The summed E-state index contributed by atoms with van der Waals surface area (Å²) in [6.07, 6.45) is 1.25. The van der Waals surface area contributed by atoms with Gasteiger partial charge in [0.2, 0.25) is 0 Å². The van der Waals surface area contributed by atoms with E-state index in [9.17, 15) is 10.2 Å². The normalized spacial score (nSPS) is 14.8. The summed E-state index contributed by atoms with van der Waals surface area (Å²) in [5.41, 5.74) is 3.87. The van der Waals surface area contributed by atoms with Crippen LogP contribution in [0, 0.1) is 5.92 Å². The highest BCUT2D eigenvalue weighted by atomic mass is 16.3. The van der Waals surface area contributed by atoms with Gasteiger partial charge >= 0.3 is 0 Å². The third-order valence-electron chi connectivity index (χ3n) is 3.31. The lowest BCUT2D eigenvalue weighted by atomic mass is 9.86. The zero-order chi connectivity index (χ0) is 13.7. The van der Waals surface area contributed by atoms with Crippen molar-refractivity contribution in [3.63, 3.8) is 0 Å². The highest BCUT2D eigenvalue weighted by molar-refractivity contribution is 5.38. The summed E-state index contributed by atoms with van der Waals surface area (Å²) in [6, 6.07) is 6.33. The van der Waals surface area contributed by atoms with E-state index in [1.54, 1.807) is 0 Å². The van der Waals surface area contributed by atoms with Crippen LogP contribution >= 0.6 is 0 Å². The number of aliphatic hydroxyl groups excluding tert-OH is 2. The number of aliphatic hydroxyl groups is 2. The maximum atomic E-state index is 9.60. The molecule has 1 rings (SSSR count). The molecule has 0 aliphatic carbocycles. The molecule has 0 saturated heterocycles. The highest BCUT2D eigenvalue weighted by Crippen LogP contribution is 2.26. The fourth-order valence-corrected chi connectivity index (χ4v) is 2.37. The second-order valence-corrected chi connectivity index (χ2v) is 5.68. The van der Waals surface area contributed by atoms with Crippen molar-refractivity contribution in [3.05, 3.63) is 34.9 Å². The fourth-order valence-electron chi connectivity index (χ4n) is 2.37. The first-order chi connectivity index (χ1) is 8.45. The first-order valence-corrected chi connectivity index (χ1v) is 6.85. The Morgan fingerprint density at radius 3 is 2.22 bits per heavy atom. The van der Waals surface area contributed by atoms with E-state index in [0.717, 1.165) is 6.42 Å². The van der Waals surface area contributed by atoms with Crippen molar-refractivity contribution in [1.29, 1.82) is 0 Å². The van der Waals surface area contributed by atoms with Crippen molar-refractivity contribution in [2.24, 2.45) is 5.92 Å². The molecule has 2 heteroatoms. The molecule has 2 unspecified atom stereocenters. The van der Waals surface area contributed by atoms with Crippen molar-refractivity contribution in [1.82, 2.24) is 0 Å². The molecular weight excluding hydrogens is 224 g/mol. The van der Waals surface area contributed by atoms with Gasteiger partial charge in [0, 0.05) is 6.61 Å². The molecule has 1 aromatic rings. The largest absolute Gasteiger partial charge is 0.396 e. The van der Waals surface area contributed by atoms with Crippen molar-refractivity contribution in [2.75, 3.05) is 6.61 Å². The third kappa shape index (κ3) is 4.11. The fraction of sp³-hybridized carbons (Fsp3) is 0.625. The first kappa shape index (κ1) is 15.2. The lowest BCUT2D eigenvalue weighted by Crippen LogP contribution is -2.13. The molecule has 2 atom stereocenters. The topological polar surface area (TPSA) is 40.5 Å². The number of benzene rings is 1.